The molecule has 4 heteroatoms. The average molecular weight is 276 g/mol. The standard InChI is InChI=1S/C16H24N2O2/c1-16(9-5-11-20-16)12-18-15(19)14-7-4-3-6-13(14)8-10-17-2/h3-4,6-7,17H,5,8-12H2,1-2H3,(H,18,19). The molecule has 1 atom stereocenters. The number of nitrogens with one attached hydrogen (secondary N) is 2. The van der Waals surface area contributed by atoms with Gasteiger partial charge in [0.25, 0.3) is 5.91 Å². The van der Waals surface area contributed by atoms with E-state index in [1.54, 1.807) is 0 Å². The van der Waals surface area contributed by atoms with Gasteiger partial charge in [0.05, 0.1) is 5.60 Å². The van der Waals surface area contributed by atoms with E-state index in [0.29, 0.717) is 6.54 Å². The average Bonchev–Trinajstić information content (AvgIpc) is 2.90. The number of carbonyl (C=O) groups is 1. The molecule has 1 aliphatic heterocycles. The first-order valence-corrected chi connectivity index (χ1v) is 7.29. The number of rotatable bonds is 6. The van der Waals surface area contributed by atoms with Gasteiger partial charge in [0.15, 0.2) is 0 Å². The summed E-state index contributed by atoms with van der Waals surface area (Å²) in [5, 5.41) is 6.13. The van der Waals surface area contributed by atoms with Crippen molar-refractivity contribution in [3.63, 3.8) is 0 Å². The van der Waals surface area contributed by atoms with Gasteiger partial charge in [-0.15, -0.1) is 0 Å². The van der Waals surface area contributed by atoms with E-state index in [9.17, 15) is 4.79 Å². The third kappa shape index (κ3) is 3.81. The fraction of sp³-hybridized carbons (Fsp3) is 0.562. The minimum Gasteiger partial charge on any atom is -0.373 e. The van der Waals surface area contributed by atoms with Crippen LogP contribution >= 0.6 is 0 Å². The molecule has 1 aliphatic rings. The van der Waals surface area contributed by atoms with Crippen molar-refractivity contribution in [3.05, 3.63) is 35.4 Å². The third-order valence-corrected chi connectivity index (χ3v) is 3.83. The molecule has 1 saturated heterocycles. The zero-order chi connectivity index (χ0) is 14.4. The lowest BCUT2D eigenvalue weighted by molar-refractivity contribution is 0.0206. The van der Waals surface area contributed by atoms with Crippen LogP contribution in [-0.2, 0) is 11.2 Å². The summed E-state index contributed by atoms with van der Waals surface area (Å²) in [5.41, 5.74) is 1.65. The molecule has 110 valence electrons. The van der Waals surface area contributed by atoms with Gasteiger partial charge in [-0.1, -0.05) is 18.2 Å². The smallest absolute Gasteiger partial charge is 0.251 e. The Morgan fingerprint density at radius 2 is 2.20 bits per heavy atom. The fourth-order valence-corrected chi connectivity index (χ4v) is 2.56. The van der Waals surface area contributed by atoms with Crippen molar-refractivity contribution in [1.82, 2.24) is 10.6 Å². The molecule has 0 spiro atoms. The summed E-state index contributed by atoms with van der Waals surface area (Å²) in [6, 6.07) is 7.78. The summed E-state index contributed by atoms with van der Waals surface area (Å²) in [5.74, 6) is -0.00609. The van der Waals surface area contributed by atoms with Gasteiger partial charge < -0.3 is 15.4 Å². The maximum absolute atomic E-state index is 12.3. The molecule has 2 rings (SSSR count). The molecular weight excluding hydrogens is 252 g/mol. The van der Waals surface area contributed by atoms with Crippen LogP contribution in [0.1, 0.15) is 35.7 Å². The SMILES string of the molecule is CNCCc1ccccc1C(=O)NCC1(C)CCCO1. The first kappa shape index (κ1) is 15.0. The second-order valence-corrected chi connectivity index (χ2v) is 5.60. The van der Waals surface area contributed by atoms with E-state index >= 15 is 0 Å². The van der Waals surface area contributed by atoms with E-state index in [1.807, 2.05) is 31.3 Å². The normalized spacial score (nSPS) is 21.9. The number of likely N-dealkylation sites (N-methyl/N-ethyl adjacent to an activating group) is 1. The molecule has 1 aromatic rings. The highest BCUT2D eigenvalue weighted by atomic mass is 16.5. The Bertz CT molecular complexity index is 454. The summed E-state index contributed by atoms with van der Waals surface area (Å²) in [4.78, 5) is 12.3. The molecule has 0 bridgehead atoms. The largest absolute Gasteiger partial charge is 0.373 e. The van der Waals surface area contributed by atoms with Crippen LogP contribution in [-0.4, -0.2) is 38.3 Å². The molecule has 0 saturated carbocycles. The molecule has 1 aromatic carbocycles. The quantitative estimate of drug-likeness (QED) is 0.832. The fourth-order valence-electron chi connectivity index (χ4n) is 2.56. The van der Waals surface area contributed by atoms with E-state index in [1.165, 1.54) is 0 Å². The molecule has 1 unspecified atom stereocenters. The van der Waals surface area contributed by atoms with Crippen LogP contribution in [0.3, 0.4) is 0 Å². The van der Waals surface area contributed by atoms with Crippen LogP contribution in [0.15, 0.2) is 24.3 Å². The Morgan fingerprint density at radius 1 is 1.40 bits per heavy atom. The molecule has 1 heterocycles. The molecule has 4 nitrogen and oxygen atoms in total. The second kappa shape index (κ2) is 6.86. The summed E-state index contributed by atoms with van der Waals surface area (Å²) in [6.45, 7) is 4.30. The maximum Gasteiger partial charge on any atom is 0.251 e. The first-order valence-electron chi connectivity index (χ1n) is 7.29. The van der Waals surface area contributed by atoms with Crippen LogP contribution in [0.25, 0.3) is 0 Å². The van der Waals surface area contributed by atoms with E-state index < -0.39 is 0 Å². The molecule has 0 aliphatic carbocycles. The third-order valence-electron chi connectivity index (χ3n) is 3.83. The minimum atomic E-state index is -0.199. The van der Waals surface area contributed by atoms with Crippen molar-refractivity contribution >= 4 is 5.91 Å². The van der Waals surface area contributed by atoms with Crippen molar-refractivity contribution < 1.29 is 9.53 Å². The Hall–Kier alpha value is -1.39. The number of hydrogen-bond acceptors (Lipinski definition) is 3. The second-order valence-electron chi connectivity index (χ2n) is 5.60. The topological polar surface area (TPSA) is 50.4 Å². The Labute approximate surface area is 120 Å². The Kier molecular flexibility index (Phi) is 5.15. The zero-order valence-electron chi connectivity index (χ0n) is 12.4. The van der Waals surface area contributed by atoms with Crippen LogP contribution in [0.5, 0.6) is 0 Å². The minimum absolute atomic E-state index is 0.00609. The lowest BCUT2D eigenvalue weighted by atomic mass is 10.0. The van der Waals surface area contributed by atoms with Gasteiger partial charge in [0.1, 0.15) is 0 Å². The van der Waals surface area contributed by atoms with E-state index in [4.69, 9.17) is 4.74 Å². The lowest BCUT2D eigenvalue weighted by Crippen LogP contribution is -2.40. The molecule has 2 N–H and O–H groups in total. The molecule has 1 amide bonds. The lowest BCUT2D eigenvalue weighted by Gasteiger charge is -2.23. The summed E-state index contributed by atoms with van der Waals surface area (Å²) in [7, 11) is 1.92. The monoisotopic (exact) mass is 276 g/mol. The predicted molar refractivity (Wildman–Crippen MR) is 80.0 cm³/mol. The van der Waals surface area contributed by atoms with Gasteiger partial charge in [-0.05, 0) is 51.4 Å². The van der Waals surface area contributed by atoms with Gasteiger partial charge in [-0.3, -0.25) is 4.79 Å². The predicted octanol–water partition coefficient (Wildman–Crippen LogP) is 1.75. The van der Waals surface area contributed by atoms with Crippen molar-refractivity contribution in [2.75, 3.05) is 26.7 Å². The number of ether oxygens (including phenoxy) is 1. The number of amides is 1. The molecular formula is C16H24N2O2. The van der Waals surface area contributed by atoms with Gasteiger partial charge in [0, 0.05) is 18.7 Å². The van der Waals surface area contributed by atoms with Crippen molar-refractivity contribution in [2.24, 2.45) is 0 Å². The van der Waals surface area contributed by atoms with Gasteiger partial charge in [-0.2, -0.15) is 0 Å². The van der Waals surface area contributed by atoms with Crippen molar-refractivity contribution in [1.29, 1.82) is 0 Å². The summed E-state index contributed by atoms with van der Waals surface area (Å²) in [6.07, 6.45) is 2.94. The molecule has 20 heavy (non-hydrogen) atoms. The van der Waals surface area contributed by atoms with Gasteiger partial charge in [0.2, 0.25) is 0 Å². The Morgan fingerprint density at radius 3 is 2.90 bits per heavy atom. The van der Waals surface area contributed by atoms with Crippen molar-refractivity contribution in [2.45, 2.75) is 31.8 Å². The molecule has 1 fully saturated rings. The highest BCUT2D eigenvalue weighted by molar-refractivity contribution is 5.95. The summed E-state index contributed by atoms with van der Waals surface area (Å²) >= 11 is 0. The van der Waals surface area contributed by atoms with Gasteiger partial charge >= 0.3 is 0 Å². The molecule has 0 aromatic heterocycles. The summed E-state index contributed by atoms with van der Waals surface area (Å²) < 4.78 is 5.70. The zero-order valence-corrected chi connectivity index (χ0v) is 12.4. The number of carbonyl (C=O) groups excluding carboxylic acids is 1. The van der Waals surface area contributed by atoms with E-state index in [0.717, 1.165) is 43.5 Å². The van der Waals surface area contributed by atoms with Gasteiger partial charge in [-0.25, -0.2) is 0 Å². The van der Waals surface area contributed by atoms with Crippen LogP contribution in [0, 0.1) is 0 Å². The number of hydrogen-bond donors (Lipinski definition) is 2. The van der Waals surface area contributed by atoms with Crippen LogP contribution < -0.4 is 10.6 Å². The van der Waals surface area contributed by atoms with Crippen LogP contribution in [0.2, 0.25) is 0 Å². The van der Waals surface area contributed by atoms with E-state index in [-0.39, 0.29) is 11.5 Å². The maximum atomic E-state index is 12.3. The number of benzene rings is 1. The Balaban J connectivity index is 1.98. The molecule has 0 radical (unpaired) electrons. The highest BCUT2D eigenvalue weighted by Gasteiger charge is 2.30. The van der Waals surface area contributed by atoms with E-state index in [2.05, 4.69) is 17.6 Å². The highest BCUT2D eigenvalue weighted by Crippen LogP contribution is 2.24. The van der Waals surface area contributed by atoms with Crippen LogP contribution in [0.4, 0.5) is 0 Å². The first-order chi connectivity index (χ1) is 9.64. The van der Waals surface area contributed by atoms with Crippen molar-refractivity contribution in [3.8, 4) is 0 Å².